The first kappa shape index (κ1) is 25.2. The number of nitrogens with one attached hydrogen (secondary N) is 2. The van der Waals surface area contributed by atoms with E-state index >= 15 is 0 Å². The standard InChI is InChI=1S/C25H22F3N7O2/c1-2-16-5-3-4-6-21(16)32-23(29)33-24(36)31-18-9-7-17(8-10-18)22-30-15-35(34-22)19-11-13-20(14-12-19)37-25(26,27)28/h3-15H,2H2,1H3,(H4,29,31,32,33,36). The summed E-state index contributed by atoms with van der Waals surface area (Å²) in [7, 11) is 0. The van der Waals surface area contributed by atoms with Crippen LogP contribution in [0.25, 0.3) is 17.1 Å². The number of guanidine groups is 1. The normalized spacial score (nSPS) is 11.7. The number of aromatic nitrogens is 3. The van der Waals surface area contributed by atoms with Crippen LogP contribution in [0.15, 0.2) is 84.1 Å². The fraction of sp³-hybridized carbons (Fsp3) is 0.120. The first-order chi connectivity index (χ1) is 17.7. The van der Waals surface area contributed by atoms with Gasteiger partial charge in [0, 0.05) is 11.3 Å². The molecule has 4 aromatic rings. The summed E-state index contributed by atoms with van der Waals surface area (Å²) in [6.07, 6.45) is -2.54. The van der Waals surface area contributed by atoms with Gasteiger partial charge in [0.05, 0.1) is 11.4 Å². The summed E-state index contributed by atoms with van der Waals surface area (Å²) in [4.78, 5) is 20.8. The van der Waals surface area contributed by atoms with E-state index in [0.29, 0.717) is 28.5 Å². The number of rotatable bonds is 6. The van der Waals surface area contributed by atoms with Gasteiger partial charge in [-0.1, -0.05) is 25.1 Å². The Bertz CT molecular complexity index is 1400. The molecule has 0 saturated carbocycles. The predicted molar refractivity (Wildman–Crippen MR) is 133 cm³/mol. The number of carbonyl (C=O) groups excluding carboxylic acids is 1. The quantitative estimate of drug-likeness (QED) is 0.245. The molecular weight excluding hydrogens is 487 g/mol. The molecule has 0 aliphatic carbocycles. The van der Waals surface area contributed by atoms with Crippen molar-refractivity contribution < 1.29 is 22.7 Å². The summed E-state index contributed by atoms with van der Waals surface area (Å²) >= 11 is 0. The Hall–Kier alpha value is -4.87. The molecule has 0 radical (unpaired) electrons. The van der Waals surface area contributed by atoms with Crippen molar-refractivity contribution in [3.63, 3.8) is 0 Å². The lowest BCUT2D eigenvalue weighted by atomic mass is 10.1. The molecule has 12 heteroatoms. The highest BCUT2D eigenvalue weighted by Crippen LogP contribution is 2.24. The van der Waals surface area contributed by atoms with Gasteiger partial charge in [0.15, 0.2) is 5.82 Å². The van der Waals surface area contributed by atoms with Crippen LogP contribution in [0.1, 0.15) is 12.5 Å². The molecule has 1 aromatic heterocycles. The Morgan fingerprint density at radius 1 is 1.05 bits per heavy atom. The van der Waals surface area contributed by atoms with E-state index in [1.165, 1.54) is 35.3 Å². The van der Waals surface area contributed by atoms with Crippen LogP contribution < -0.4 is 21.1 Å². The number of benzene rings is 3. The maximum Gasteiger partial charge on any atom is 0.573 e. The number of ether oxygens (including phenoxy) is 1. The number of halogens is 3. The Labute approximate surface area is 209 Å². The van der Waals surface area contributed by atoms with Crippen LogP contribution in [0, 0.1) is 0 Å². The maximum atomic E-state index is 12.3. The van der Waals surface area contributed by atoms with Crippen LogP contribution in [0.2, 0.25) is 0 Å². The number of anilines is 1. The third-order valence-corrected chi connectivity index (χ3v) is 5.08. The second kappa shape index (κ2) is 10.8. The monoisotopic (exact) mass is 509 g/mol. The van der Waals surface area contributed by atoms with Crippen molar-refractivity contribution in [3.8, 4) is 22.8 Å². The number of para-hydroxylation sites is 1. The molecule has 0 saturated heterocycles. The van der Waals surface area contributed by atoms with Crippen molar-refractivity contribution in [3.05, 3.63) is 84.7 Å². The molecule has 2 amide bonds. The van der Waals surface area contributed by atoms with Crippen molar-refractivity contribution in [2.45, 2.75) is 19.7 Å². The smallest absolute Gasteiger partial charge is 0.406 e. The van der Waals surface area contributed by atoms with Crippen molar-refractivity contribution >= 4 is 23.4 Å². The number of hydrogen-bond acceptors (Lipinski definition) is 5. The van der Waals surface area contributed by atoms with Gasteiger partial charge in [0.25, 0.3) is 0 Å². The molecule has 3 aromatic carbocycles. The molecule has 0 spiro atoms. The highest BCUT2D eigenvalue weighted by molar-refractivity contribution is 6.02. The third-order valence-electron chi connectivity index (χ3n) is 5.08. The summed E-state index contributed by atoms with van der Waals surface area (Å²) < 4.78 is 42.3. The first-order valence-corrected chi connectivity index (χ1v) is 11.1. The molecule has 0 aliphatic rings. The van der Waals surface area contributed by atoms with Crippen LogP contribution >= 0.6 is 0 Å². The zero-order chi connectivity index (χ0) is 26.4. The molecule has 0 bridgehead atoms. The topological polar surface area (TPSA) is 119 Å². The second-order valence-corrected chi connectivity index (χ2v) is 7.69. The van der Waals surface area contributed by atoms with Gasteiger partial charge in [-0.2, -0.15) is 0 Å². The van der Waals surface area contributed by atoms with Crippen molar-refractivity contribution in [1.29, 1.82) is 0 Å². The van der Waals surface area contributed by atoms with Gasteiger partial charge in [-0.3, -0.25) is 5.32 Å². The van der Waals surface area contributed by atoms with E-state index in [1.54, 1.807) is 24.3 Å². The van der Waals surface area contributed by atoms with Crippen LogP contribution in [0.4, 0.5) is 29.3 Å². The highest BCUT2D eigenvalue weighted by atomic mass is 19.4. The van der Waals surface area contributed by atoms with E-state index in [0.717, 1.165) is 12.0 Å². The van der Waals surface area contributed by atoms with Crippen molar-refractivity contribution in [2.24, 2.45) is 10.7 Å². The average Bonchev–Trinajstić information content (AvgIpc) is 3.34. The summed E-state index contributed by atoms with van der Waals surface area (Å²) in [5.74, 6) is 0.0165. The lowest BCUT2D eigenvalue weighted by Gasteiger charge is -2.09. The third kappa shape index (κ3) is 6.84. The Kier molecular flexibility index (Phi) is 7.37. The van der Waals surface area contributed by atoms with Gasteiger partial charge < -0.3 is 15.8 Å². The van der Waals surface area contributed by atoms with Gasteiger partial charge in [0.1, 0.15) is 12.1 Å². The summed E-state index contributed by atoms with van der Waals surface area (Å²) in [5, 5.41) is 9.51. The molecular formula is C25H22F3N7O2. The molecule has 1 heterocycles. The van der Waals surface area contributed by atoms with E-state index in [9.17, 15) is 18.0 Å². The zero-order valence-corrected chi connectivity index (χ0v) is 19.5. The van der Waals surface area contributed by atoms with Gasteiger partial charge in [-0.25, -0.2) is 19.5 Å². The highest BCUT2D eigenvalue weighted by Gasteiger charge is 2.31. The lowest BCUT2D eigenvalue weighted by Crippen LogP contribution is -2.39. The lowest BCUT2D eigenvalue weighted by molar-refractivity contribution is -0.274. The van der Waals surface area contributed by atoms with E-state index in [4.69, 9.17) is 5.73 Å². The molecule has 0 aliphatic heterocycles. The molecule has 37 heavy (non-hydrogen) atoms. The summed E-state index contributed by atoms with van der Waals surface area (Å²) in [6, 6.07) is 19.0. The number of nitrogens with two attached hydrogens (primary N) is 1. The van der Waals surface area contributed by atoms with Gasteiger partial charge in [0.2, 0.25) is 5.96 Å². The molecule has 9 nitrogen and oxygen atoms in total. The van der Waals surface area contributed by atoms with Gasteiger partial charge in [-0.05, 0) is 66.6 Å². The largest absolute Gasteiger partial charge is 0.573 e. The van der Waals surface area contributed by atoms with E-state index < -0.39 is 12.4 Å². The van der Waals surface area contributed by atoms with Crippen LogP contribution in [-0.4, -0.2) is 33.1 Å². The molecule has 4 N–H and O–H groups in total. The number of nitrogens with zero attached hydrogens (tertiary/aromatic N) is 4. The Morgan fingerprint density at radius 3 is 2.43 bits per heavy atom. The number of urea groups is 1. The predicted octanol–water partition coefficient (Wildman–Crippen LogP) is 5.16. The number of amides is 2. The minimum atomic E-state index is -4.76. The Morgan fingerprint density at radius 2 is 1.76 bits per heavy atom. The summed E-state index contributed by atoms with van der Waals surface area (Å²) in [5.41, 5.74) is 9.23. The minimum Gasteiger partial charge on any atom is -0.406 e. The minimum absolute atomic E-state index is 0.0391. The first-order valence-electron chi connectivity index (χ1n) is 11.1. The fourth-order valence-corrected chi connectivity index (χ4v) is 3.38. The van der Waals surface area contributed by atoms with Crippen LogP contribution in [0.5, 0.6) is 5.75 Å². The number of aryl methyl sites for hydroxylation is 1. The molecule has 0 atom stereocenters. The molecule has 0 unspecified atom stereocenters. The van der Waals surface area contributed by atoms with Crippen LogP contribution in [0.3, 0.4) is 0 Å². The van der Waals surface area contributed by atoms with Crippen molar-refractivity contribution in [1.82, 2.24) is 20.1 Å². The number of carbonyl (C=O) groups is 1. The molecule has 4 rings (SSSR count). The number of hydrogen-bond donors (Lipinski definition) is 3. The second-order valence-electron chi connectivity index (χ2n) is 7.69. The number of aliphatic imine (C=N–C) groups is 1. The Balaban J connectivity index is 1.37. The zero-order valence-electron chi connectivity index (χ0n) is 19.5. The molecule has 0 fully saturated rings. The van der Waals surface area contributed by atoms with Gasteiger partial charge >= 0.3 is 12.4 Å². The summed E-state index contributed by atoms with van der Waals surface area (Å²) in [6.45, 7) is 2.00. The fourth-order valence-electron chi connectivity index (χ4n) is 3.38. The number of alkyl halides is 3. The van der Waals surface area contributed by atoms with Crippen LogP contribution in [-0.2, 0) is 6.42 Å². The average molecular weight is 509 g/mol. The van der Waals surface area contributed by atoms with E-state index in [1.807, 2.05) is 31.2 Å². The van der Waals surface area contributed by atoms with Gasteiger partial charge in [-0.15, -0.1) is 18.3 Å². The SMILES string of the molecule is CCc1ccccc1N=C(N)NC(=O)Nc1ccc(-c2ncn(-c3ccc(OC(F)(F)F)cc3)n2)cc1. The van der Waals surface area contributed by atoms with E-state index in [-0.39, 0.29) is 11.7 Å². The van der Waals surface area contributed by atoms with Crippen molar-refractivity contribution in [2.75, 3.05) is 5.32 Å². The maximum absolute atomic E-state index is 12.3. The van der Waals surface area contributed by atoms with E-state index in [2.05, 4.69) is 30.4 Å². The molecule has 190 valence electrons.